The van der Waals surface area contributed by atoms with E-state index in [4.69, 9.17) is 0 Å². The molecule has 0 fully saturated rings. The van der Waals surface area contributed by atoms with Crippen molar-refractivity contribution < 1.29 is 0 Å². The summed E-state index contributed by atoms with van der Waals surface area (Å²) in [4.78, 5) is 0. The summed E-state index contributed by atoms with van der Waals surface area (Å²) in [5.41, 5.74) is 0. The van der Waals surface area contributed by atoms with E-state index in [1.165, 1.54) is 96.3 Å². The van der Waals surface area contributed by atoms with Gasteiger partial charge in [0.05, 0.1) is 0 Å². The zero-order valence-electron chi connectivity index (χ0n) is 22.1. The fourth-order valence-corrected chi connectivity index (χ4v) is 4.67. The van der Waals surface area contributed by atoms with Crippen LogP contribution in [-0.4, -0.2) is 0 Å². The van der Waals surface area contributed by atoms with E-state index in [1.54, 1.807) is 0 Å². The summed E-state index contributed by atoms with van der Waals surface area (Å²) >= 11 is 0. The van der Waals surface area contributed by atoms with Crippen LogP contribution in [0.15, 0.2) is 0 Å². The first-order valence-corrected chi connectivity index (χ1v) is 13.7. The van der Waals surface area contributed by atoms with Crippen LogP contribution in [0, 0.1) is 35.5 Å². The minimum atomic E-state index is 0.877. The summed E-state index contributed by atoms with van der Waals surface area (Å²) in [6.07, 6.45) is 21.6. The molecular formula is C29H60. The molecule has 0 heteroatoms. The third-order valence-corrected chi connectivity index (χ3v) is 7.51. The minimum absolute atomic E-state index is 0.877. The SMILES string of the molecule is CCC(C)CCCC(C)CCC(C)CCCC(C)CCCC(C)CCCC(C)C. The van der Waals surface area contributed by atoms with Crippen molar-refractivity contribution in [1.82, 2.24) is 0 Å². The Kier molecular flexibility index (Phi) is 18.7. The van der Waals surface area contributed by atoms with E-state index in [9.17, 15) is 0 Å². The average Bonchev–Trinajstić information content (AvgIpc) is 2.65. The zero-order valence-corrected chi connectivity index (χ0v) is 22.1. The monoisotopic (exact) mass is 408 g/mol. The van der Waals surface area contributed by atoms with Crippen LogP contribution in [0.4, 0.5) is 0 Å². The van der Waals surface area contributed by atoms with Crippen molar-refractivity contribution in [2.75, 3.05) is 0 Å². The van der Waals surface area contributed by atoms with E-state index in [0.717, 1.165) is 35.5 Å². The summed E-state index contributed by atoms with van der Waals surface area (Å²) in [7, 11) is 0. The molecule has 29 heavy (non-hydrogen) atoms. The van der Waals surface area contributed by atoms with Crippen LogP contribution >= 0.6 is 0 Å². The van der Waals surface area contributed by atoms with Gasteiger partial charge in [-0.15, -0.1) is 0 Å². The molecule has 0 heterocycles. The van der Waals surface area contributed by atoms with E-state index in [-0.39, 0.29) is 0 Å². The van der Waals surface area contributed by atoms with Crippen molar-refractivity contribution >= 4 is 0 Å². The van der Waals surface area contributed by atoms with Crippen molar-refractivity contribution in [2.24, 2.45) is 35.5 Å². The summed E-state index contributed by atoms with van der Waals surface area (Å²) in [6, 6.07) is 0. The largest absolute Gasteiger partial charge is 0.0651 e. The first-order chi connectivity index (χ1) is 13.7. The van der Waals surface area contributed by atoms with E-state index in [0.29, 0.717) is 0 Å². The highest BCUT2D eigenvalue weighted by Gasteiger charge is 2.10. The van der Waals surface area contributed by atoms with Crippen LogP contribution in [0.3, 0.4) is 0 Å². The van der Waals surface area contributed by atoms with Gasteiger partial charge in [-0.2, -0.15) is 0 Å². The van der Waals surface area contributed by atoms with Gasteiger partial charge in [0.25, 0.3) is 0 Å². The molecular weight excluding hydrogens is 348 g/mol. The van der Waals surface area contributed by atoms with Gasteiger partial charge in [-0.05, 0) is 35.5 Å². The summed E-state index contributed by atoms with van der Waals surface area (Å²) < 4.78 is 0. The van der Waals surface area contributed by atoms with Crippen molar-refractivity contribution in [3.63, 3.8) is 0 Å². The molecule has 176 valence electrons. The molecule has 0 aromatic rings. The van der Waals surface area contributed by atoms with Gasteiger partial charge in [0, 0.05) is 0 Å². The lowest BCUT2D eigenvalue weighted by Gasteiger charge is -2.18. The lowest BCUT2D eigenvalue weighted by molar-refractivity contribution is 0.351. The molecule has 0 spiro atoms. The van der Waals surface area contributed by atoms with E-state index >= 15 is 0 Å². The number of hydrogen-bond acceptors (Lipinski definition) is 0. The molecule has 0 radical (unpaired) electrons. The second kappa shape index (κ2) is 18.7. The van der Waals surface area contributed by atoms with Gasteiger partial charge < -0.3 is 0 Å². The average molecular weight is 409 g/mol. The van der Waals surface area contributed by atoms with Gasteiger partial charge in [0.2, 0.25) is 0 Å². The van der Waals surface area contributed by atoms with Crippen molar-refractivity contribution in [3.8, 4) is 0 Å². The Morgan fingerprint density at radius 2 is 0.621 bits per heavy atom. The molecule has 0 amide bonds. The zero-order chi connectivity index (χ0) is 22.1. The summed E-state index contributed by atoms with van der Waals surface area (Å²) in [5.74, 6) is 5.54. The second-order valence-corrected chi connectivity index (χ2v) is 11.6. The summed E-state index contributed by atoms with van der Waals surface area (Å²) in [5, 5.41) is 0. The predicted molar refractivity (Wildman–Crippen MR) is 136 cm³/mol. The topological polar surface area (TPSA) is 0 Å². The molecule has 0 bridgehead atoms. The van der Waals surface area contributed by atoms with Crippen LogP contribution in [-0.2, 0) is 0 Å². The third-order valence-electron chi connectivity index (χ3n) is 7.51. The Hall–Kier alpha value is 0. The van der Waals surface area contributed by atoms with Crippen molar-refractivity contribution in [3.05, 3.63) is 0 Å². The fraction of sp³-hybridized carbons (Fsp3) is 1.00. The Morgan fingerprint density at radius 1 is 0.345 bits per heavy atom. The Balaban J connectivity index is 3.61. The molecule has 0 aliphatic carbocycles. The summed E-state index contributed by atoms with van der Waals surface area (Å²) in [6.45, 7) is 19.4. The maximum Gasteiger partial charge on any atom is -0.0443 e. The van der Waals surface area contributed by atoms with Gasteiger partial charge in [0.15, 0.2) is 0 Å². The molecule has 5 unspecified atom stereocenters. The smallest absolute Gasteiger partial charge is 0.0443 e. The molecule has 5 atom stereocenters. The van der Waals surface area contributed by atoms with E-state index in [2.05, 4.69) is 55.4 Å². The van der Waals surface area contributed by atoms with Gasteiger partial charge in [-0.1, -0.05) is 152 Å². The van der Waals surface area contributed by atoms with E-state index < -0.39 is 0 Å². The highest BCUT2D eigenvalue weighted by atomic mass is 14.2. The lowest BCUT2D eigenvalue weighted by Crippen LogP contribution is -2.03. The highest BCUT2D eigenvalue weighted by Crippen LogP contribution is 2.25. The normalized spacial score (nSPS) is 17.3. The molecule has 0 aromatic carbocycles. The highest BCUT2D eigenvalue weighted by molar-refractivity contribution is 4.63. The van der Waals surface area contributed by atoms with Crippen LogP contribution in [0.25, 0.3) is 0 Å². The first kappa shape index (κ1) is 29.0. The molecule has 0 saturated heterocycles. The van der Waals surface area contributed by atoms with Gasteiger partial charge in [-0.25, -0.2) is 0 Å². The van der Waals surface area contributed by atoms with Crippen LogP contribution < -0.4 is 0 Å². The Labute approximate surface area is 187 Å². The number of hydrogen-bond donors (Lipinski definition) is 0. The molecule has 0 aliphatic rings. The van der Waals surface area contributed by atoms with Crippen molar-refractivity contribution in [1.29, 1.82) is 0 Å². The van der Waals surface area contributed by atoms with Gasteiger partial charge in [0.1, 0.15) is 0 Å². The van der Waals surface area contributed by atoms with Crippen LogP contribution in [0.2, 0.25) is 0 Å². The quantitative estimate of drug-likeness (QED) is 0.188. The second-order valence-electron chi connectivity index (χ2n) is 11.6. The molecule has 0 N–H and O–H groups in total. The minimum Gasteiger partial charge on any atom is -0.0651 e. The molecule has 0 rings (SSSR count). The molecule has 0 aliphatic heterocycles. The Morgan fingerprint density at radius 3 is 0.931 bits per heavy atom. The standard InChI is InChI=1S/C29H60/c1-9-25(4)15-11-20-28(7)22-23-29(8)21-13-19-27(6)18-12-17-26(5)16-10-14-24(2)3/h24-29H,9-23H2,1-8H3. The van der Waals surface area contributed by atoms with Gasteiger partial charge in [-0.3, -0.25) is 0 Å². The molecule has 0 nitrogen and oxygen atoms in total. The predicted octanol–water partition coefficient (Wildman–Crippen LogP) is 10.7. The van der Waals surface area contributed by atoms with E-state index in [1.807, 2.05) is 0 Å². The molecule has 0 aromatic heterocycles. The maximum absolute atomic E-state index is 2.50. The van der Waals surface area contributed by atoms with Gasteiger partial charge >= 0.3 is 0 Å². The third kappa shape index (κ3) is 19.7. The lowest BCUT2D eigenvalue weighted by atomic mass is 9.88. The fourth-order valence-electron chi connectivity index (χ4n) is 4.67. The van der Waals surface area contributed by atoms with Crippen molar-refractivity contribution in [2.45, 2.75) is 152 Å². The van der Waals surface area contributed by atoms with Crippen LogP contribution in [0.1, 0.15) is 152 Å². The number of rotatable bonds is 20. The Bertz CT molecular complexity index is 331. The van der Waals surface area contributed by atoms with Crippen LogP contribution in [0.5, 0.6) is 0 Å². The molecule has 0 saturated carbocycles. The first-order valence-electron chi connectivity index (χ1n) is 13.7. The maximum atomic E-state index is 2.50.